The zero-order chi connectivity index (χ0) is 17.0. The largest absolute Gasteiger partial charge is 0.324 e. The Morgan fingerprint density at radius 1 is 1.30 bits per heavy atom. The van der Waals surface area contributed by atoms with Gasteiger partial charge in [-0.05, 0) is 43.1 Å². The van der Waals surface area contributed by atoms with Gasteiger partial charge in [0.1, 0.15) is 0 Å². The lowest BCUT2D eigenvalue weighted by Crippen LogP contribution is -2.30. The highest BCUT2D eigenvalue weighted by atomic mass is 35.5. The Morgan fingerprint density at radius 2 is 2.04 bits per heavy atom. The molecule has 0 saturated heterocycles. The first-order chi connectivity index (χ1) is 10.9. The molecule has 0 aliphatic carbocycles. The van der Waals surface area contributed by atoms with Crippen LogP contribution in [0.5, 0.6) is 0 Å². The van der Waals surface area contributed by atoms with E-state index in [1.54, 1.807) is 11.3 Å². The molecule has 0 bridgehead atoms. The number of thiophene rings is 1. The summed E-state index contributed by atoms with van der Waals surface area (Å²) >= 11 is 7.49. The minimum atomic E-state index is 0.00588. The summed E-state index contributed by atoms with van der Waals surface area (Å²) in [5, 5.41) is 3.08. The number of halogens is 1. The van der Waals surface area contributed by atoms with Crippen molar-refractivity contribution in [2.24, 2.45) is 0 Å². The Labute approximate surface area is 147 Å². The zero-order valence-corrected chi connectivity index (χ0v) is 15.6. The van der Waals surface area contributed by atoms with Crippen molar-refractivity contribution in [2.75, 3.05) is 18.9 Å². The molecule has 3 nitrogen and oxygen atoms in total. The second-order valence-electron chi connectivity index (χ2n) is 6.12. The highest BCUT2D eigenvalue weighted by Gasteiger charge is 2.14. The van der Waals surface area contributed by atoms with Crippen molar-refractivity contribution in [1.82, 2.24) is 4.90 Å². The van der Waals surface area contributed by atoms with Gasteiger partial charge in [-0.2, -0.15) is 0 Å². The van der Waals surface area contributed by atoms with Gasteiger partial charge in [0.15, 0.2) is 0 Å². The maximum absolute atomic E-state index is 12.4. The standard InChI is InChI=1S/C18H23ClN2OS/c1-12(2)15-7-5-6-13(3)18(15)20-17(22)11-21(4)10-14-8-9-16(19)23-14/h5-9,12H,10-11H2,1-4H3,(H,20,22). The van der Waals surface area contributed by atoms with E-state index in [0.717, 1.165) is 27.0 Å². The third-order valence-electron chi connectivity index (χ3n) is 3.66. The van der Waals surface area contributed by atoms with Gasteiger partial charge in [0, 0.05) is 17.1 Å². The van der Waals surface area contributed by atoms with Crippen LogP contribution < -0.4 is 5.32 Å². The third-order valence-corrected chi connectivity index (χ3v) is 4.88. The van der Waals surface area contributed by atoms with Crippen molar-refractivity contribution in [3.8, 4) is 0 Å². The maximum atomic E-state index is 12.4. The number of anilines is 1. The topological polar surface area (TPSA) is 32.3 Å². The Morgan fingerprint density at radius 3 is 2.65 bits per heavy atom. The predicted molar refractivity (Wildman–Crippen MR) is 99.6 cm³/mol. The maximum Gasteiger partial charge on any atom is 0.238 e. The summed E-state index contributed by atoms with van der Waals surface area (Å²) in [5.41, 5.74) is 3.21. The second kappa shape index (κ2) is 7.95. The van der Waals surface area contributed by atoms with Crippen LogP contribution in [0.15, 0.2) is 30.3 Å². The van der Waals surface area contributed by atoms with Crippen LogP contribution in [0.4, 0.5) is 5.69 Å². The first kappa shape index (κ1) is 18.0. The summed E-state index contributed by atoms with van der Waals surface area (Å²) < 4.78 is 0.777. The summed E-state index contributed by atoms with van der Waals surface area (Å²) in [6.07, 6.45) is 0. The minimum Gasteiger partial charge on any atom is -0.324 e. The molecule has 1 amide bonds. The molecule has 0 radical (unpaired) electrons. The van der Waals surface area contributed by atoms with Crippen molar-refractivity contribution in [3.63, 3.8) is 0 Å². The van der Waals surface area contributed by atoms with E-state index in [1.165, 1.54) is 5.56 Å². The molecule has 1 heterocycles. The van der Waals surface area contributed by atoms with Gasteiger partial charge in [0.2, 0.25) is 5.91 Å². The summed E-state index contributed by atoms with van der Waals surface area (Å²) in [6.45, 7) is 7.37. The third kappa shape index (κ3) is 5.06. The molecule has 23 heavy (non-hydrogen) atoms. The van der Waals surface area contributed by atoms with Crippen LogP contribution in [0.3, 0.4) is 0 Å². The Kier molecular flexibility index (Phi) is 6.22. The molecule has 0 saturated carbocycles. The average Bonchev–Trinajstić information content (AvgIpc) is 2.85. The number of nitrogens with zero attached hydrogens (tertiary/aromatic N) is 1. The number of amides is 1. The lowest BCUT2D eigenvalue weighted by molar-refractivity contribution is -0.117. The summed E-state index contributed by atoms with van der Waals surface area (Å²) in [6, 6.07) is 10.0. The number of rotatable bonds is 6. The van der Waals surface area contributed by atoms with E-state index < -0.39 is 0 Å². The van der Waals surface area contributed by atoms with Crippen molar-refractivity contribution in [3.05, 3.63) is 50.7 Å². The molecular formula is C18H23ClN2OS. The Balaban J connectivity index is 1.99. The van der Waals surface area contributed by atoms with Gasteiger partial charge < -0.3 is 5.32 Å². The minimum absolute atomic E-state index is 0.00588. The van der Waals surface area contributed by atoms with Crippen LogP contribution in [0, 0.1) is 6.92 Å². The van der Waals surface area contributed by atoms with E-state index >= 15 is 0 Å². The van der Waals surface area contributed by atoms with Crippen molar-refractivity contribution in [2.45, 2.75) is 33.2 Å². The number of hydrogen-bond donors (Lipinski definition) is 1. The fourth-order valence-electron chi connectivity index (χ4n) is 2.53. The highest BCUT2D eigenvalue weighted by Crippen LogP contribution is 2.27. The van der Waals surface area contributed by atoms with E-state index in [1.807, 2.05) is 43.1 Å². The van der Waals surface area contributed by atoms with Gasteiger partial charge in [0.05, 0.1) is 10.9 Å². The number of carbonyl (C=O) groups is 1. The van der Waals surface area contributed by atoms with E-state index in [4.69, 9.17) is 11.6 Å². The summed E-state index contributed by atoms with van der Waals surface area (Å²) in [4.78, 5) is 15.5. The van der Waals surface area contributed by atoms with E-state index in [-0.39, 0.29) is 5.91 Å². The van der Waals surface area contributed by atoms with Crippen molar-refractivity contribution < 1.29 is 4.79 Å². The molecule has 1 N–H and O–H groups in total. The molecule has 2 aromatic rings. The lowest BCUT2D eigenvalue weighted by Gasteiger charge is -2.19. The molecule has 124 valence electrons. The number of nitrogens with one attached hydrogen (secondary N) is 1. The molecule has 0 atom stereocenters. The second-order valence-corrected chi connectivity index (χ2v) is 7.92. The summed E-state index contributed by atoms with van der Waals surface area (Å²) in [5.74, 6) is 0.377. The number of para-hydroxylation sites is 1. The molecule has 2 rings (SSSR count). The molecule has 0 fully saturated rings. The summed E-state index contributed by atoms with van der Waals surface area (Å²) in [7, 11) is 1.94. The first-order valence-electron chi connectivity index (χ1n) is 7.69. The van der Waals surface area contributed by atoms with E-state index in [9.17, 15) is 4.79 Å². The number of likely N-dealkylation sites (N-methyl/N-ethyl adjacent to an activating group) is 1. The van der Waals surface area contributed by atoms with Crippen LogP contribution in [0.2, 0.25) is 4.34 Å². The molecular weight excluding hydrogens is 328 g/mol. The molecule has 1 aromatic carbocycles. The van der Waals surface area contributed by atoms with Crippen LogP contribution >= 0.6 is 22.9 Å². The van der Waals surface area contributed by atoms with Gasteiger partial charge >= 0.3 is 0 Å². The van der Waals surface area contributed by atoms with Crippen LogP contribution in [-0.4, -0.2) is 24.4 Å². The number of hydrogen-bond acceptors (Lipinski definition) is 3. The monoisotopic (exact) mass is 350 g/mol. The number of aryl methyl sites for hydroxylation is 1. The van der Waals surface area contributed by atoms with Gasteiger partial charge in [-0.25, -0.2) is 0 Å². The molecule has 5 heteroatoms. The molecule has 0 unspecified atom stereocenters. The Bertz CT molecular complexity index is 681. The van der Waals surface area contributed by atoms with Crippen LogP contribution in [0.1, 0.15) is 35.8 Å². The van der Waals surface area contributed by atoms with E-state index in [2.05, 4.69) is 25.2 Å². The lowest BCUT2D eigenvalue weighted by atomic mass is 9.98. The van der Waals surface area contributed by atoms with Crippen molar-refractivity contribution in [1.29, 1.82) is 0 Å². The smallest absolute Gasteiger partial charge is 0.238 e. The molecule has 0 spiro atoms. The van der Waals surface area contributed by atoms with Crippen LogP contribution in [0.25, 0.3) is 0 Å². The molecule has 1 aromatic heterocycles. The van der Waals surface area contributed by atoms with Gasteiger partial charge in [-0.15, -0.1) is 11.3 Å². The first-order valence-corrected chi connectivity index (χ1v) is 8.88. The fourth-order valence-corrected chi connectivity index (χ4v) is 3.69. The van der Waals surface area contributed by atoms with Gasteiger partial charge in [-0.1, -0.05) is 43.6 Å². The van der Waals surface area contributed by atoms with Gasteiger partial charge in [-0.3, -0.25) is 9.69 Å². The zero-order valence-electron chi connectivity index (χ0n) is 14.0. The Hall–Kier alpha value is -1.36. The SMILES string of the molecule is Cc1cccc(C(C)C)c1NC(=O)CN(C)Cc1ccc(Cl)s1. The quantitative estimate of drug-likeness (QED) is 0.803. The van der Waals surface area contributed by atoms with E-state index in [0.29, 0.717) is 12.5 Å². The highest BCUT2D eigenvalue weighted by molar-refractivity contribution is 7.16. The molecule has 0 aliphatic heterocycles. The fraction of sp³-hybridized carbons (Fsp3) is 0.389. The van der Waals surface area contributed by atoms with Crippen molar-refractivity contribution >= 4 is 34.5 Å². The number of benzene rings is 1. The normalized spacial score (nSPS) is 11.3. The van der Waals surface area contributed by atoms with Gasteiger partial charge in [0.25, 0.3) is 0 Å². The van der Waals surface area contributed by atoms with Crippen LogP contribution in [-0.2, 0) is 11.3 Å². The molecule has 0 aliphatic rings. The average molecular weight is 351 g/mol. The number of carbonyl (C=O) groups excluding carboxylic acids is 1. The predicted octanol–water partition coefficient (Wildman–Crippen LogP) is 4.90.